The molecular formula is C48H52N8O10S3. The van der Waals surface area contributed by atoms with Crippen LogP contribution in [0.15, 0.2) is 113 Å². The van der Waals surface area contributed by atoms with Crippen LogP contribution in [-0.4, -0.2) is 114 Å². The number of thiazole rings is 1. The van der Waals surface area contributed by atoms with Gasteiger partial charge in [-0.1, -0.05) is 65.9 Å². The number of rotatable bonds is 16. The normalized spacial score (nSPS) is 15.4. The number of ether oxygens (including phenoxy) is 4. The highest BCUT2D eigenvalue weighted by molar-refractivity contribution is 7.94. The van der Waals surface area contributed by atoms with E-state index in [1.807, 2.05) is 18.2 Å². The first-order valence-electron chi connectivity index (χ1n) is 21.8. The number of sulfone groups is 1. The molecule has 0 spiro atoms. The van der Waals surface area contributed by atoms with Gasteiger partial charge in [-0.3, -0.25) is 0 Å². The van der Waals surface area contributed by atoms with E-state index in [1.54, 1.807) is 101 Å². The van der Waals surface area contributed by atoms with Crippen LogP contribution in [0.2, 0.25) is 0 Å². The zero-order chi connectivity index (χ0) is 49.3. The van der Waals surface area contributed by atoms with Crippen molar-refractivity contribution in [2.75, 3.05) is 40.2 Å². The Kier molecular flexibility index (Phi) is 14.0. The van der Waals surface area contributed by atoms with E-state index in [-0.39, 0.29) is 48.1 Å². The molecule has 2 atom stereocenters. The van der Waals surface area contributed by atoms with Crippen LogP contribution in [0, 0.1) is 0 Å². The van der Waals surface area contributed by atoms with Crippen LogP contribution < -0.4 is 19.9 Å². The van der Waals surface area contributed by atoms with Crippen LogP contribution in [0.1, 0.15) is 43.9 Å². The molecule has 2 aromatic heterocycles. The number of nitrogens with two attached hydrogens (primary N) is 1. The summed E-state index contributed by atoms with van der Waals surface area (Å²) in [5, 5.41) is 23.0. The Morgan fingerprint density at radius 1 is 0.812 bits per heavy atom. The molecule has 69 heavy (non-hydrogen) atoms. The van der Waals surface area contributed by atoms with Gasteiger partial charge in [0.15, 0.2) is 15.0 Å². The smallest absolute Gasteiger partial charge is 0.410 e. The van der Waals surface area contributed by atoms with Crippen molar-refractivity contribution in [2.24, 2.45) is 0 Å². The molecule has 0 unspecified atom stereocenters. The van der Waals surface area contributed by atoms with E-state index in [9.17, 15) is 9.90 Å². The number of para-hydroxylation sites is 1. The molecular weight excluding hydrogens is 945 g/mol. The van der Waals surface area contributed by atoms with Crippen LogP contribution in [0.5, 0.6) is 17.2 Å². The number of hydrogen-bond acceptors (Lipinski definition) is 16. The fourth-order valence-electron chi connectivity index (χ4n) is 8.20. The number of aliphatic hydroxyl groups is 1. The lowest BCUT2D eigenvalue weighted by Crippen LogP contribution is -2.41. The van der Waals surface area contributed by atoms with Crippen LogP contribution in [0.25, 0.3) is 32.7 Å². The fraction of sp³-hybridized carbons (Fsp3) is 0.312. The Labute approximate surface area is 404 Å². The number of aromatic nitrogens is 5. The minimum absolute atomic E-state index is 0.108. The predicted octanol–water partition coefficient (Wildman–Crippen LogP) is 6.81. The number of benzene rings is 5. The summed E-state index contributed by atoms with van der Waals surface area (Å²) in [4.78, 5) is 19.4. The first-order chi connectivity index (χ1) is 32.9. The van der Waals surface area contributed by atoms with Crippen LogP contribution in [-0.2, 0) is 44.2 Å². The third kappa shape index (κ3) is 10.4. The highest BCUT2D eigenvalue weighted by Crippen LogP contribution is 2.45. The van der Waals surface area contributed by atoms with Gasteiger partial charge >= 0.3 is 6.09 Å². The molecule has 1 aliphatic heterocycles. The van der Waals surface area contributed by atoms with Crippen molar-refractivity contribution in [1.82, 2.24) is 34.4 Å². The zero-order valence-corrected chi connectivity index (χ0v) is 41.2. The van der Waals surface area contributed by atoms with Crippen molar-refractivity contribution in [3.8, 4) is 39.8 Å². The quantitative estimate of drug-likeness (QED) is 0.101. The maximum atomic E-state index is 16.3. The van der Waals surface area contributed by atoms with Crippen molar-refractivity contribution in [1.29, 1.82) is 0 Å². The number of carbonyl (C=O) groups excluding carboxylic acids is 1. The maximum Gasteiger partial charge on any atom is 0.410 e. The number of aliphatic hydroxyl groups excluding tert-OH is 1. The highest BCUT2D eigenvalue weighted by Gasteiger charge is 2.47. The molecule has 1 aliphatic rings. The van der Waals surface area contributed by atoms with Gasteiger partial charge in [0.2, 0.25) is 15.8 Å². The third-order valence-electron chi connectivity index (χ3n) is 11.6. The Hall–Kier alpha value is -6.65. The summed E-state index contributed by atoms with van der Waals surface area (Å²) < 4.78 is 87.3. The topological polar surface area (TPSA) is 231 Å². The van der Waals surface area contributed by atoms with E-state index in [4.69, 9.17) is 29.8 Å². The molecule has 1 amide bonds. The lowest BCUT2D eigenvalue weighted by molar-refractivity contribution is 0.0176. The number of tetrazole rings is 1. The summed E-state index contributed by atoms with van der Waals surface area (Å²) in [6, 6.07) is 28.1. The molecule has 3 heterocycles. The molecule has 1 fully saturated rings. The Balaban J connectivity index is 1.39. The Morgan fingerprint density at radius 3 is 1.94 bits per heavy atom. The monoisotopic (exact) mass is 996 g/mol. The van der Waals surface area contributed by atoms with E-state index in [0.29, 0.717) is 44.2 Å². The first-order valence-corrected chi connectivity index (χ1v) is 25.6. The highest BCUT2D eigenvalue weighted by atomic mass is 32.2. The molecule has 0 radical (unpaired) electrons. The van der Waals surface area contributed by atoms with Crippen molar-refractivity contribution in [3.05, 3.63) is 120 Å². The van der Waals surface area contributed by atoms with E-state index in [1.165, 1.54) is 51.7 Å². The zero-order valence-electron chi connectivity index (χ0n) is 38.8. The van der Waals surface area contributed by atoms with Gasteiger partial charge < -0.3 is 34.7 Å². The second kappa shape index (κ2) is 19.8. The molecule has 8 rings (SSSR count). The second-order valence-electron chi connectivity index (χ2n) is 17.4. The maximum absolute atomic E-state index is 16.3. The van der Waals surface area contributed by atoms with Gasteiger partial charge in [-0.25, -0.2) is 26.6 Å². The molecule has 7 aromatic rings. The largest absolute Gasteiger partial charge is 0.497 e. The van der Waals surface area contributed by atoms with Gasteiger partial charge in [-0.15, -0.1) is 10.2 Å². The van der Waals surface area contributed by atoms with Crippen LogP contribution in [0.3, 0.4) is 0 Å². The fourth-order valence-corrected chi connectivity index (χ4v) is 13.1. The third-order valence-corrected chi connectivity index (χ3v) is 16.6. The number of anilines is 1. The molecule has 0 aliphatic carbocycles. The summed E-state index contributed by atoms with van der Waals surface area (Å²) in [6.45, 7) is 3.72. The number of hydrogen-bond donors (Lipinski definition) is 2. The SMILES string of the molecule is COc1ccc(CN(Cc2ccc(OC)cc2)S(=O)(=O)c2c(S(=O)(=O)[C@H]3C[C@@H](CO)N(C(=O)OC(C)(C)C)C3)ccc(-c3cccc4sc(N)nc34)c2-c2nnn(Cc3ccc(OC)cc3)n2)cc1. The van der Waals surface area contributed by atoms with Crippen molar-refractivity contribution >= 4 is 52.6 Å². The van der Waals surface area contributed by atoms with Gasteiger partial charge in [-0.05, 0) is 103 Å². The van der Waals surface area contributed by atoms with E-state index >= 15 is 16.8 Å². The molecule has 21 heteroatoms. The Morgan fingerprint density at radius 2 is 1.39 bits per heavy atom. The average molecular weight is 997 g/mol. The van der Waals surface area contributed by atoms with Gasteiger partial charge in [0.25, 0.3) is 0 Å². The summed E-state index contributed by atoms with van der Waals surface area (Å²) in [5.41, 5.74) is 8.16. The summed E-state index contributed by atoms with van der Waals surface area (Å²) in [7, 11) is -5.14. The number of carbonyl (C=O) groups is 1. The number of nitrogen functional groups attached to an aromatic ring is 1. The van der Waals surface area contributed by atoms with Crippen LogP contribution in [0.4, 0.5) is 9.93 Å². The molecule has 18 nitrogen and oxygen atoms in total. The summed E-state index contributed by atoms with van der Waals surface area (Å²) >= 11 is 1.23. The van der Waals surface area contributed by atoms with E-state index < -0.39 is 65.8 Å². The Bertz CT molecular complexity index is 3140. The number of nitrogens with zero attached hydrogens (tertiary/aromatic N) is 7. The van der Waals surface area contributed by atoms with E-state index in [2.05, 4.69) is 15.3 Å². The number of fused-ring (bicyclic) bond motifs is 1. The van der Waals surface area contributed by atoms with Gasteiger partial charge in [0.1, 0.15) is 27.7 Å². The molecule has 1 saturated heterocycles. The summed E-state index contributed by atoms with van der Waals surface area (Å²) in [5.74, 6) is 1.53. The van der Waals surface area contributed by atoms with Crippen molar-refractivity contribution < 1.29 is 45.7 Å². The number of likely N-dealkylation sites (tertiary alicyclic amines) is 1. The van der Waals surface area contributed by atoms with Gasteiger partial charge in [0, 0.05) is 25.2 Å². The molecule has 5 aromatic carbocycles. The predicted molar refractivity (Wildman–Crippen MR) is 260 cm³/mol. The molecule has 3 N–H and O–H groups in total. The lowest BCUT2D eigenvalue weighted by Gasteiger charge is -2.28. The van der Waals surface area contributed by atoms with Crippen molar-refractivity contribution in [3.63, 3.8) is 0 Å². The average Bonchev–Trinajstić information content (AvgIpc) is 4.09. The molecule has 0 saturated carbocycles. The second-order valence-corrected chi connectivity index (χ2v) is 22.5. The van der Waals surface area contributed by atoms with Crippen molar-refractivity contribution in [2.45, 2.75) is 73.5 Å². The van der Waals surface area contributed by atoms with Crippen LogP contribution >= 0.6 is 11.3 Å². The first kappa shape index (κ1) is 48.8. The molecule has 362 valence electrons. The standard InChI is InChI=1S/C48H52N8O10S3/c1-48(2,3)66-47(58)55-28-37(24-33(55)29-57)68(59,60)41-23-22-38(39-8-7-9-40-43(39)50-46(49)67-40)42(45-51-53-56(52-45)27-32-14-20-36(65-6)21-15-32)44(41)69(61,62)54(25-30-10-16-34(63-4)17-11-30)26-31-12-18-35(64-5)19-13-31/h7-23,33,37,57H,24-29H2,1-6H3,(H2,49,50)/t33-,37-/m0/s1. The number of amides is 1. The minimum Gasteiger partial charge on any atom is -0.497 e. The summed E-state index contributed by atoms with van der Waals surface area (Å²) in [6.07, 6.45) is -1.04. The minimum atomic E-state index is -5.00. The van der Waals surface area contributed by atoms with Gasteiger partial charge in [-0.2, -0.15) is 9.10 Å². The molecule has 0 bridgehead atoms. The number of methoxy groups -OCH3 is 3. The number of sulfonamides is 1. The lowest BCUT2D eigenvalue weighted by atomic mass is 9.98. The van der Waals surface area contributed by atoms with Gasteiger partial charge in [0.05, 0.1) is 66.4 Å². The van der Waals surface area contributed by atoms with E-state index in [0.717, 1.165) is 5.56 Å².